The first-order valence-corrected chi connectivity index (χ1v) is 13.3. The SMILES string of the molecule is CC(C)(C)C(C)(OC(N)=O)c1oc(-c2ccc(OC(F)F)c(OCCCCN)c2)nc1C(=O)NCc1ccc(F)cc1F. The van der Waals surface area contributed by atoms with Gasteiger partial charge in [0, 0.05) is 29.2 Å². The molecule has 1 heterocycles. The van der Waals surface area contributed by atoms with E-state index in [9.17, 15) is 27.2 Å². The van der Waals surface area contributed by atoms with Crippen molar-refractivity contribution in [3.8, 4) is 23.0 Å². The number of nitrogens with one attached hydrogen (secondary N) is 1. The van der Waals surface area contributed by atoms with Crippen LogP contribution in [0, 0.1) is 17.0 Å². The van der Waals surface area contributed by atoms with Crippen molar-refractivity contribution in [1.82, 2.24) is 10.3 Å². The predicted octanol–water partition coefficient (Wildman–Crippen LogP) is 5.63. The fraction of sp³-hybridized carbons (Fsp3) is 0.414. The predicted molar refractivity (Wildman–Crippen MR) is 147 cm³/mol. The molecule has 14 heteroatoms. The number of alkyl halides is 2. The fourth-order valence-electron chi connectivity index (χ4n) is 3.96. The number of unbranched alkanes of at least 4 members (excludes halogenated alkanes) is 1. The average Bonchev–Trinajstić information content (AvgIpc) is 3.36. The van der Waals surface area contributed by atoms with Crippen LogP contribution in [0.15, 0.2) is 40.8 Å². The van der Waals surface area contributed by atoms with Crippen molar-refractivity contribution >= 4 is 12.0 Å². The number of carbonyl (C=O) groups excluding carboxylic acids is 2. The Bertz CT molecular complexity index is 1440. The third-order valence-electron chi connectivity index (χ3n) is 6.73. The van der Waals surface area contributed by atoms with Gasteiger partial charge in [-0.25, -0.2) is 18.6 Å². The highest BCUT2D eigenvalue weighted by Gasteiger charge is 2.49. The van der Waals surface area contributed by atoms with Gasteiger partial charge < -0.3 is 35.4 Å². The second-order valence-electron chi connectivity index (χ2n) is 10.7. The van der Waals surface area contributed by atoms with E-state index in [4.69, 9.17) is 25.4 Å². The van der Waals surface area contributed by atoms with E-state index in [1.165, 1.54) is 31.2 Å². The maximum Gasteiger partial charge on any atom is 0.405 e. The lowest BCUT2D eigenvalue weighted by Gasteiger charge is -2.38. The number of benzene rings is 2. The van der Waals surface area contributed by atoms with Crippen molar-refractivity contribution in [3.63, 3.8) is 0 Å². The summed E-state index contributed by atoms with van der Waals surface area (Å²) < 4.78 is 75.3. The molecule has 0 aliphatic carbocycles. The first-order valence-electron chi connectivity index (χ1n) is 13.3. The first kappa shape index (κ1) is 33.2. The van der Waals surface area contributed by atoms with Crippen LogP contribution in [0.2, 0.25) is 0 Å². The molecule has 2 amide bonds. The fourth-order valence-corrected chi connectivity index (χ4v) is 3.96. The smallest absolute Gasteiger partial charge is 0.405 e. The van der Waals surface area contributed by atoms with Gasteiger partial charge in [-0.1, -0.05) is 26.8 Å². The highest BCUT2D eigenvalue weighted by Crippen LogP contribution is 2.45. The standard InChI is InChI=1S/C29H34F4N4O6/c1-28(2,3)29(4,43-27(35)39)23-22(24(38)36-15-17-7-9-18(30)14-19(17)31)37-25(42-23)16-8-10-20(41-26(32)33)21(13-16)40-12-6-5-11-34/h7-10,13-14,26H,5-6,11-12,15,34H2,1-4H3,(H2,35,39)(H,36,38). The van der Waals surface area contributed by atoms with Crippen LogP contribution in [0.3, 0.4) is 0 Å². The van der Waals surface area contributed by atoms with Gasteiger partial charge in [0.2, 0.25) is 5.89 Å². The molecule has 5 N–H and O–H groups in total. The van der Waals surface area contributed by atoms with Gasteiger partial charge >= 0.3 is 12.7 Å². The topological polar surface area (TPSA) is 152 Å². The Balaban J connectivity index is 2.10. The minimum atomic E-state index is -3.12. The zero-order valence-corrected chi connectivity index (χ0v) is 24.1. The van der Waals surface area contributed by atoms with E-state index >= 15 is 0 Å². The van der Waals surface area contributed by atoms with Crippen LogP contribution < -0.4 is 26.3 Å². The number of hydrogen-bond donors (Lipinski definition) is 3. The van der Waals surface area contributed by atoms with Gasteiger partial charge in [0.15, 0.2) is 28.6 Å². The molecule has 0 aliphatic rings. The molecule has 1 unspecified atom stereocenters. The van der Waals surface area contributed by atoms with Crippen molar-refractivity contribution in [2.75, 3.05) is 13.2 Å². The second-order valence-corrected chi connectivity index (χ2v) is 10.7. The molecule has 0 aliphatic heterocycles. The lowest BCUT2D eigenvalue weighted by molar-refractivity contribution is -0.0707. The van der Waals surface area contributed by atoms with Crippen LogP contribution in [0.1, 0.15) is 62.3 Å². The minimum Gasteiger partial charge on any atom is -0.490 e. The first-order chi connectivity index (χ1) is 20.2. The van der Waals surface area contributed by atoms with Gasteiger partial charge in [0.25, 0.3) is 5.91 Å². The molecule has 3 rings (SSSR count). The molecule has 0 saturated heterocycles. The van der Waals surface area contributed by atoms with E-state index in [0.717, 1.165) is 6.07 Å². The molecule has 1 atom stereocenters. The van der Waals surface area contributed by atoms with E-state index in [-0.39, 0.29) is 53.1 Å². The summed E-state index contributed by atoms with van der Waals surface area (Å²) in [6, 6.07) is 6.82. The van der Waals surface area contributed by atoms with Gasteiger partial charge in [-0.2, -0.15) is 8.78 Å². The Morgan fingerprint density at radius 2 is 1.77 bits per heavy atom. The number of amides is 2. The van der Waals surface area contributed by atoms with Crippen LogP contribution in [0.5, 0.6) is 11.5 Å². The highest BCUT2D eigenvalue weighted by atomic mass is 19.3. The summed E-state index contributed by atoms with van der Waals surface area (Å²) in [6.45, 7) is 3.71. The van der Waals surface area contributed by atoms with Gasteiger partial charge in [-0.3, -0.25) is 4.79 Å². The Labute approximate surface area is 245 Å². The monoisotopic (exact) mass is 610 g/mol. The maximum atomic E-state index is 14.2. The quantitative estimate of drug-likeness (QED) is 0.166. The Morgan fingerprint density at radius 1 is 1.05 bits per heavy atom. The molecule has 0 spiro atoms. The van der Waals surface area contributed by atoms with Crippen molar-refractivity contribution in [2.24, 2.45) is 16.9 Å². The summed E-state index contributed by atoms with van der Waals surface area (Å²) >= 11 is 0. The molecular formula is C29H34F4N4O6. The molecule has 0 bridgehead atoms. The number of primary amides is 1. The molecule has 0 fully saturated rings. The minimum absolute atomic E-state index is 0.00182. The molecule has 3 aromatic rings. The molecule has 0 radical (unpaired) electrons. The lowest BCUT2D eigenvalue weighted by Crippen LogP contribution is -2.44. The van der Waals surface area contributed by atoms with Crippen LogP contribution in [-0.4, -0.2) is 36.7 Å². The van der Waals surface area contributed by atoms with Crippen LogP contribution in [-0.2, 0) is 16.9 Å². The summed E-state index contributed by atoms with van der Waals surface area (Å²) in [7, 11) is 0. The zero-order valence-electron chi connectivity index (χ0n) is 24.1. The van der Waals surface area contributed by atoms with Gasteiger partial charge in [-0.05, 0) is 50.6 Å². The molecule has 1 aromatic heterocycles. The summed E-state index contributed by atoms with van der Waals surface area (Å²) in [6.07, 6.45) is 0.0295. The number of aromatic nitrogens is 1. The number of rotatable bonds is 13. The number of oxazole rings is 1. The third-order valence-corrected chi connectivity index (χ3v) is 6.73. The van der Waals surface area contributed by atoms with Crippen LogP contribution in [0.25, 0.3) is 11.5 Å². The van der Waals surface area contributed by atoms with Gasteiger partial charge in [0.1, 0.15) is 11.6 Å². The summed E-state index contributed by atoms with van der Waals surface area (Å²) in [4.78, 5) is 29.7. The molecule has 2 aromatic carbocycles. The van der Waals surface area contributed by atoms with E-state index in [2.05, 4.69) is 15.0 Å². The number of nitrogens with zero attached hydrogens (tertiary/aromatic N) is 1. The average molecular weight is 611 g/mol. The summed E-state index contributed by atoms with van der Waals surface area (Å²) in [5, 5.41) is 2.51. The van der Waals surface area contributed by atoms with E-state index in [1.807, 2.05) is 0 Å². The number of nitrogens with two attached hydrogens (primary N) is 2. The molecular weight excluding hydrogens is 576 g/mol. The van der Waals surface area contributed by atoms with Crippen molar-refractivity contribution < 1.29 is 45.8 Å². The highest BCUT2D eigenvalue weighted by molar-refractivity contribution is 5.94. The zero-order chi connectivity index (χ0) is 31.9. The van der Waals surface area contributed by atoms with E-state index < -0.39 is 41.3 Å². The number of ether oxygens (including phenoxy) is 3. The molecule has 43 heavy (non-hydrogen) atoms. The largest absolute Gasteiger partial charge is 0.490 e. The third kappa shape index (κ3) is 8.15. The van der Waals surface area contributed by atoms with Crippen molar-refractivity contribution in [1.29, 1.82) is 0 Å². The molecule has 0 saturated carbocycles. The number of hydrogen-bond acceptors (Lipinski definition) is 8. The van der Waals surface area contributed by atoms with Crippen LogP contribution >= 0.6 is 0 Å². The van der Waals surface area contributed by atoms with Crippen LogP contribution in [0.4, 0.5) is 22.4 Å². The van der Waals surface area contributed by atoms with Gasteiger partial charge in [0.05, 0.1) is 6.61 Å². The Kier molecular flexibility index (Phi) is 10.6. The van der Waals surface area contributed by atoms with Crippen molar-refractivity contribution in [2.45, 2.75) is 59.3 Å². The van der Waals surface area contributed by atoms with E-state index in [0.29, 0.717) is 25.5 Å². The molecule has 10 nitrogen and oxygen atoms in total. The maximum absolute atomic E-state index is 14.2. The van der Waals surface area contributed by atoms with E-state index in [1.54, 1.807) is 20.8 Å². The normalized spacial score (nSPS) is 13.0. The summed E-state index contributed by atoms with van der Waals surface area (Å²) in [5.41, 5.74) is 8.18. The summed E-state index contributed by atoms with van der Waals surface area (Å²) in [5.74, 6) is -3.13. The van der Waals surface area contributed by atoms with Gasteiger partial charge in [-0.15, -0.1) is 0 Å². The van der Waals surface area contributed by atoms with Crippen molar-refractivity contribution in [3.05, 3.63) is 65.1 Å². The Hall–Kier alpha value is -4.33. The number of carbonyl (C=O) groups is 2. The Morgan fingerprint density at radius 3 is 2.37 bits per heavy atom. The molecule has 234 valence electrons. The number of halogens is 4. The second kappa shape index (κ2) is 13.8. The lowest BCUT2D eigenvalue weighted by atomic mass is 9.75.